The molecule has 25 heavy (non-hydrogen) atoms. The topological polar surface area (TPSA) is 67.9 Å². The Hall–Kier alpha value is -2.05. The van der Waals surface area contributed by atoms with E-state index < -0.39 is 12.0 Å². The predicted octanol–water partition coefficient (Wildman–Crippen LogP) is 3.28. The average molecular weight is 367 g/mol. The van der Waals surface area contributed by atoms with Crippen molar-refractivity contribution in [2.24, 2.45) is 0 Å². The third-order valence-electron chi connectivity index (χ3n) is 3.99. The van der Waals surface area contributed by atoms with Crippen LogP contribution >= 0.6 is 11.6 Å². The highest BCUT2D eigenvalue weighted by Crippen LogP contribution is 2.32. The van der Waals surface area contributed by atoms with Crippen LogP contribution in [0.5, 0.6) is 0 Å². The highest BCUT2D eigenvalue weighted by atomic mass is 35.5. The highest BCUT2D eigenvalue weighted by Gasteiger charge is 2.37. The molecule has 0 fully saturated rings. The molecule has 1 atom stereocenters. The zero-order valence-corrected chi connectivity index (χ0v) is 15.6. The number of allylic oxidation sites excluding steroid dienone is 1. The molecule has 1 N–H and O–H groups in total. The number of hydrogen-bond donors (Lipinski definition) is 1. The first-order chi connectivity index (χ1) is 11.9. The molecule has 1 aliphatic heterocycles. The average Bonchev–Trinajstić information content (AvgIpc) is 2.54. The van der Waals surface area contributed by atoms with Crippen molar-refractivity contribution >= 4 is 23.6 Å². The molecule has 0 aliphatic carbocycles. The van der Waals surface area contributed by atoms with Gasteiger partial charge in [-0.05, 0) is 38.5 Å². The molecule has 6 nitrogen and oxygen atoms in total. The molecule has 0 radical (unpaired) electrons. The van der Waals surface area contributed by atoms with Crippen LogP contribution in [0.2, 0.25) is 5.02 Å². The number of esters is 1. The summed E-state index contributed by atoms with van der Waals surface area (Å²) in [5, 5.41) is 3.47. The van der Waals surface area contributed by atoms with Crippen LogP contribution in [-0.2, 0) is 14.3 Å². The Morgan fingerprint density at radius 3 is 2.48 bits per heavy atom. The number of urea groups is 1. The van der Waals surface area contributed by atoms with E-state index in [1.165, 1.54) is 7.11 Å². The third-order valence-corrected chi connectivity index (χ3v) is 4.24. The number of halogens is 1. The molecule has 0 aromatic heterocycles. The first-order valence-electron chi connectivity index (χ1n) is 8.08. The number of rotatable bonds is 6. The third kappa shape index (κ3) is 4.32. The standard InChI is InChI=1S/C18H23ClN2O4/c1-11(2)21-12(3)15(17(22)25-10-9-24-4)16(20-18(21)23)13-5-7-14(19)8-6-13/h5-8,11,16H,9-10H2,1-4H3,(H,20,23)/t16-/m0/s1. The number of ether oxygens (including phenoxy) is 2. The van der Waals surface area contributed by atoms with Gasteiger partial charge in [-0.25, -0.2) is 9.59 Å². The summed E-state index contributed by atoms with van der Waals surface area (Å²) in [6.07, 6.45) is 0. The molecule has 0 spiro atoms. The molecule has 0 unspecified atom stereocenters. The van der Waals surface area contributed by atoms with Crippen molar-refractivity contribution in [1.29, 1.82) is 0 Å². The van der Waals surface area contributed by atoms with Crippen molar-refractivity contribution in [3.8, 4) is 0 Å². The van der Waals surface area contributed by atoms with E-state index in [2.05, 4.69) is 5.32 Å². The Balaban J connectivity index is 2.43. The van der Waals surface area contributed by atoms with Gasteiger partial charge in [-0.3, -0.25) is 4.90 Å². The minimum absolute atomic E-state index is 0.0899. The summed E-state index contributed by atoms with van der Waals surface area (Å²) >= 11 is 5.94. The van der Waals surface area contributed by atoms with Gasteiger partial charge in [-0.2, -0.15) is 0 Å². The van der Waals surface area contributed by atoms with Gasteiger partial charge in [0.1, 0.15) is 6.61 Å². The maximum absolute atomic E-state index is 12.7. The molecule has 0 saturated heterocycles. The maximum Gasteiger partial charge on any atom is 0.338 e. The summed E-state index contributed by atoms with van der Waals surface area (Å²) in [4.78, 5) is 26.7. The van der Waals surface area contributed by atoms with Gasteiger partial charge in [0.15, 0.2) is 0 Å². The minimum Gasteiger partial charge on any atom is -0.460 e. The minimum atomic E-state index is -0.588. The number of nitrogens with one attached hydrogen (secondary N) is 1. The zero-order valence-electron chi connectivity index (χ0n) is 14.8. The van der Waals surface area contributed by atoms with E-state index in [0.717, 1.165) is 5.56 Å². The van der Waals surface area contributed by atoms with E-state index in [9.17, 15) is 9.59 Å². The number of nitrogens with zero attached hydrogens (tertiary/aromatic N) is 1. The molecule has 2 rings (SSSR count). The molecule has 7 heteroatoms. The molecule has 0 bridgehead atoms. The fraction of sp³-hybridized carbons (Fsp3) is 0.444. The zero-order chi connectivity index (χ0) is 18.6. The Bertz CT molecular complexity index is 670. The van der Waals surface area contributed by atoms with E-state index >= 15 is 0 Å². The number of hydrogen-bond acceptors (Lipinski definition) is 4. The number of amides is 2. The van der Waals surface area contributed by atoms with Crippen LogP contribution in [0.4, 0.5) is 4.79 Å². The van der Waals surface area contributed by atoms with Gasteiger partial charge in [0.05, 0.1) is 18.2 Å². The fourth-order valence-corrected chi connectivity index (χ4v) is 2.97. The Morgan fingerprint density at radius 2 is 1.92 bits per heavy atom. The molecule has 0 saturated carbocycles. The van der Waals surface area contributed by atoms with Crippen LogP contribution < -0.4 is 5.32 Å². The number of methoxy groups -OCH3 is 1. The molecule has 136 valence electrons. The summed E-state index contributed by atoms with van der Waals surface area (Å²) in [5.74, 6) is -0.472. The molecular formula is C18H23ClN2O4. The van der Waals surface area contributed by atoms with Crippen LogP contribution in [-0.4, -0.2) is 43.3 Å². The van der Waals surface area contributed by atoms with Gasteiger partial charge >= 0.3 is 12.0 Å². The van der Waals surface area contributed by atoms with Crippen LogP contribution in [0.25, 0.3) is 0 Å². The van der Waals surface area contributed by atoms with Gasteiger partial charge in [0, 0.05) is 23.9 Å². The quantitative estimate of drug-likeness (QED) is 0.619. The van der Waals surface area contributed by atoms with Gasteiger partial charge in [-0.15, -0.1) is 0 Å². The SMILES string of the molecule is COCCOC(=O)C1=C(C)N(C(C)C)C(=O)N[C@H]1c1ccc(Cl)cc1. The van der Waals surface area contributed by atoms with Crippen LogP contribution in [0.15, 0.2) is 35.5 Å². The summed E-state index contributed by atoms with van der Waals surface area (Å²) in [5.41, 5.74) is 1.76. The monoisotopic (exact) mass is 366 g/mol. The second-order valence-corrected chi connectivity index (χ2v) is 6.46. The van der Waals surface area contributed by atoms with Crippen molar-refractivity contribution in [3.63, 3.8) is 0 Å². The van der Waals surface area contributed by atoms with Crippen molar-refractivity contribution in [2.45, 2.75) is 32.9 Å². The lowest BCUT2D eigenvalue weighted by atomic mass is 9.94. The van der Waals surface area contributed by atoms with E-state index in [0.29, 0.717) is 22.9 Å². The van der Waals surface area contributed by atoms with Gasteiger partial charge in [0.25, 0.3) is 0 Å². The second-order valence-electron chi connectivity index (χ2n) is 6.03. The van der Waals surface area contributed by atoms with Crippen molar-refractivity contribution in [2.75, 3.05) is 20.3 Å². The molecule has 1 aromatic rings. The molecule has 1 aromatic carbocycles. The number of carbonyl (C=O) groups is 2. The summed E-state index contributed by atoms with van der Waals surface area (Å²) < 4.78 is 10.2. The predicted molar refractivity (Wildman–Crippen MR) is 95.2 cm³/mol. The Morgan fingerprint density at radius 1 is 1.28 bits per heavy atom. The van der Waals surface area contributed by atoms with Gasteiger partial charge in [-0.1, -0.05) is 23.7 Å². The molecule has 1 heterocycles. The molecule has 2 amide bonds. The Labute approximate surface area is 152 Å². The van der Waals surface area contributed by atoms with Crippen molar-refractivity contribution in [1.82, 2.24) is 10.2 Å². The maximum atomic E-state index is 12.7. The first kappa shape index (κ1) is 19.3. The van der Waals surface area contributed by atoms with E-state index in [1.807, 2.05) is 13.8 Å². The van der Waals surface area contributed by atoms with E-state index in [1.54, 1.807) is 36.1 Å². The largest absolute Gasteiger partial charge is 0.460 e. The van der Waals surface area contributed by atoms with Gasteiger partial charge in [0.2, 0.25) is 0 Å². The molecule has 1 aliphatic rings. The van der Waals surface area contributed by atoms with Crippen LogP contribution in [0, 0.1) is 0 Å². The van der Waals surface area contributed by atoms with Crippen LogP contribution in [0.1, 0.15) is 32.4 Å². The summed E-state index contributed by atoms with van der Waals surface area (Å²) in [6, 6.07) is 6.09. The Kier molecular flexibility index (Phi) is 6.45. The normalized spacial score (nSPS) is 17.8. The van der Waals surface area contributed by atoms with Crippen molar-refractivity contribution < 1.29 is 19.1 Å². The lowest BCUT2D eigenvalue weighted by molar-refractivity contribution is -0.140. The fourth-order valence-electron chi connectivity index (χ4n) is 2.84. The lowest BCUT2D eigenvalue weighted by Crippen LogP contribution is -2.50. The van der Waals surface area contributed by atoms with Gasteiger partial charge < -0.3 is 14.8 Å². The first-order valence-corrected chi connectivity index (χ1v) is 8.46. The molecular weight excluding hydrogens is 344 g/mol. The lowest BCUT2D eigenvalue weighted by Gasteiger charge is -2.37. The van der Waals surface area contributed by atoms with E-state index in [4.69, 9.17) is 21.1 Å². The number of benzene rings is 1. The second kappa shape index (κ2) is 8.36. The smallest absolute Gasteiger partial charge is 0.338 e. The summed E-state index contributed by atoms with van der Waals surface area (Å²) in [7, 11) is 1.54. The number of carbonyl (C=O) groups excluding carboxylic acids is 2. The van der Waals surface area contributed by atoms with Crippen LogP contribution in [0.3, 0.4) is 0 Å². The van der Waals surface area contributed by atoms with Crippen molar-refractivity contribution in [3.05, 3.63) is 46.1 Å². The highest BCUT2D eigenvalue weighted by molar-refractivity contribution is 6.30. The summed E-state index contributed by atoms with van der Waals surface area (Å²) in [6.45, 7) is 5.99. The van der Waals surface area contributed by atoms with E-state index in [-0.39, 0.29) is 18.7 Å².